The molecule has 0 aromatic carbocycles. The number of likely N-dealkylation sites (tertiary alicyclic amines) is 1. The predicted octanol–water partition coefficient (Wildman–Crippen LogP) is 1.14. The fourth-order valence-electron chi connectivity index (χ4n) is 3.18. The van der Waals surface area contributed by atoms with E-state index in [1.807, 2.05) is 4.90 Å². The third-order valence-corrected chi connectivity index (χ3v) is 4.57. The molecule has 1 aromatic heterocycles. The minimum absolute atomic E-state index is 0.0494. The molecule has 98 valence electrons. The molecule has 0 saturated carbocycles. The summed E-state index contributed by atoms with van der Waals surface area (Å²) in [5, 5.41) is 3.48. The maximum Gasteiger partial charge on any atom is 0.275 e. The van der Waals surface area contributed by atoms with Crippen molar-refractivity contribution < 1.29 is 4.79 Å². The van der Waals surface area contributed by atoms with Gasteiger partial charge in [0, 0.05) is 25.0 Å². The van der Waals surface area contributed by atoms with Gasteiger partial charge in [-0.2, -0.15) is 8.75 Å². The largest absolute Gasteiger partial charge is 0.337 e. The third-order valence-electron chi connectivity index (χ3n) is 4.09. The van der Waals surface area contributed by atoms with Crippen LogP contribution in [-0.2, 0) is 0 Å². The molecule has 1 aromatic rings. The Hall–Kier alpha value is -1.01. The molecule has 2 aliphatic heterocycles. The Bertz CT molecular complexity index is 408. The molecule has 1 N–H and O–H groups in total. The molecular formula is C12H18N4OS. The average molecular weight is 266 g/mol. The molecule has 5 nitrogen and oxygen atoms in total. The van der Waals surface area contributed by atoms with Crippen LogP contribution in [0, 0.1) is 5.41 Å². The Labute approximate surface area is 111 Å². The van der Waals surface area contributed by atoms with Gasteiger partial charge in [0.1, 0.15) is 0 Å². The highest BCUT2D eigenvalue weighted by Gasteiger charge is 2.38. The third kappa shape index (κ3) is 2.27. The van der Waals surface area contributed by atoms with Crippen LogP contribution in [0.15, 0.2) is 6.20 Å². The maximum absolute atomic E-state index is 12.3. The van der Waals surface area contributed by atoms with Crippen LogP contribution >= 0.6 is 11.7 Å². The van der Waals surface area contributed by atoms with E-state index in [2.05, 4.69) is 14.1 Å². The number of piperidine rings is 2. The van der Waals surface area contributed by atoms with E-state index in [9.17, 15) is 4.79 Å². The molecule has 1 amide bonds. The summed E-state index contributed by atoms with van der Waals surface area (Å²) in [7, 11) is 0. The molecule has 6 heteroatoms. The highest BCUT2D eigenvalue weighted by atomic mass is 32.1. The molecule has 2 aliphatic rings. The summed E-state index contributed by atoms with van der Waals surface area (Å²) in [6.45, 7) is 3.90. The first-order valence-corrected chi connectivity index (χ1v) is 7.30. The number of nitrogens with one attached hydrogen (secondary N) is 1. The molecular weight excluding hydrogens is 248 g/mol. The molecule has 2 saturated heterocycles. The van der Waals surface area contributed by atoms with Crippen molar-refractivity contribution in [2.45, 2.75) is 25.7 Å². The van der Waals surface area contributed by atoms with E-state index in [0.717, 1.165) is 44.3 Å². The van der Waals surface area contributed by atoms with Crippen molar-refractivity contribution in [1.29, 1.82) is 0 Å². The van der Waals surface area contributed by atoms with E-state index >= 15 is 0 Å². The van der Waals surface area contributed by atoms with Crippen LogP contribution in [0.25, 0.3) is 0 Å². The minimum Gasteiger partial charge on any atom is -0.337 e. The molecule has 3 heterocycles. The van der Waals surface area contributed by atoms with Crippen molar-refractivity contribution in [3.8, 4) is 0 Å². The number of nitrogens with zero attached hydrogens (tertiary/aromatic N) is 3. The number of amides is 1. The van der Waals surface area contributed by atoms with Crippen molar-refractivity contribution >= 4 is 17.6 Å². The molecule has 3 rings (SSSR count). The zero-order valence-corrected chi connectivity index (χ0v) is 11.2. The zero-order chi connectivity index (χ0) is 12.4. The van der Waals surface area contributed by atoms with Crippen LogP contribution < -0.4 is 5.32 Å². The van der Waals surface area contributed by atoms with Crippen LogP contribution in [0.3, 0.4) is 0 Å². The Balaban J connectivity index is 1.72. The Kier molecular flexibility index (Phi) is 3.30. The Morgan fingerprint density at radius 3 is 3.06 bits per heavy atom. The molecule has 0 radical (unpaired) electrons. The lowest BCUT2D eigenvalue weighted by molar-refractivity contribution is 0.0430. The second-order valence-electron chi connectivity index (χ2n) is 5.40. The van der Waals surface area contributed by atoms with Crippen molar-refractivity contribution in [3.63, 3.8) is 0 Å². The van der Waals surface area contributed by atoms with E-state index in [1.165, 1.54) is 19.3 Å². The summed E-state index contributed by atoms with van der Waals surface area (Å²) < 4.78 is 7.96. The minimum atomic E-state index is 0.0494. The van der Waals surface area contributed by atoms with Crippen LogP contribution in [0.1, 0.15) is 36.2 Å². The van der Waals surface area contributed by atoms with Crippen molar-refractivity contribution in [2.75, 3.05) is 26.2 Å². The van der Waals surface area contributed by atoms with Gasteiger partial charge < -0.3 is 10.2 Å². The molecule has 1 spiro atoms. The summed E-state index contributed by atoms with van der Waals surface area (Å²) in [6.07, 6.45) is 6.37. The topological polar surface area (TPSA) is 58.1 Å². The van der Waals surface area contributed by atoms with Gasteiger partial charge in [-0.3, -0.25) is 4.79 Å². The zero-order valence-electron chi connectivity index (χ0n) is 10.4. The van der Waals surface area contributed by atoms with Crippen LogP contribution in [-0.4, -0.2) is 45.7 Å². The van der Waals surface area contributed by atoms with Gasteiger partial charge in [0.2, 0.25) is 0 Å². The Morgan fingerprint density at radius 2 is 2.33 bits per heavy atom. The summed E-state index contributed by atoms with van der Waals surface area (Å²) in [6, 6.07) is 0. The second kappa shape index (κ2) is 4.93. The Morgan fingerprint density at radius 1 is 1.44 bits per heavy atom. The molecule has 1 unspecified atom stereocenters. The molecule has 2 fully saturated rings. The highest BCUT2D eigenvalue weighted by Crippen LogP contribution is 2.36. The number of carbonyl (C=O) groups excluding carboxylic acids is 1. The first kappa shape index (κ1) is 12.0. The number of hydrogen-bond acceptors (Lipinski definition) is 5. The van der Waals surface area contributed by atoms with E-state index in [-0.39, 0.29) is 5.91 Å². The molecule has 0 aliphatic carbocycles. The normalized spacial score (nSPS) is 28.6. The van der Waals surface area contributed by atoms with Crippen LogP contribution in [0.2, 0.25) is 0 Å². The lowest BCUT2D eigenvalue weighted by Crippen LogP contribution is -2.52. The fraction of sp³-hybridized carbons (Fsp3) is 0.750. The average Bonchev–Trinajstić information content (AvgIpc) is 2.93. The number of aromatic nitrogens is 2. The van der Waals surface area contributed by atoms with E-state index in [1.54, 1.807) is 6.20 Å². The smallest absolute Gasteiger partial charge is 0.275 e. The summed E-state index contributed by atoms with van der Waals surface area (Å²) in [5.41, 5.74) is 0.802. The van der Waals surface area contributed by atoms with Gasteiger partial charge >= 0.3 is 0 Å². The molecule has 0 bridgehead atoms. The fourth-order valence-corrected chi connectivity index (χ4v) is 3.59. The summed E-state index contributed by atoms with van der Waals surface area (Å²) in [4.78, 5) is 14.3. The van der Waals surface area contributed by atoms with Crippen molar-refractivity contribution in [2.24, 2.45) is 5.41 Å². The number of hydrogen-bond donors (Lipinski definition) is 1. The van der Waals surface area contributed by atoms with Gasteiger partial charge in [-0.05, 0) is 32.2 Å². The second-order valence-corrected chi connectivity index (χ2v) is 5.96. The van der Waals surface area contributed by atoms with Crippen molar-refractivity contribution in [3.05, 3.63) is 11.9 Å². The number of rotatable bonds is 1. The van der Waals surface area contributed by atoms with Gasteiger partial charge in [-0.1, -0.05) is 0 Å². The number of carbonyl (C=O) groups is 1. The predicted molar refractivity (Wildman–Crippen MR) is 69.6 cm³/mol. The van der Waals surface area contributed by atoms with Gasteiger partial charge in [-0.15, -0.1) is 0 Å². The van der Waals surface area contributed by atoms with Crippen LogP contribution in [0.4, 0.5) is 0 Å². The quantitative estimate of drug-likeness (QED) is 0.828. The summed E-state index contributed by atoms with van der Waals surface area (Å²) >= 11 is 1.10. The maximum atomic E-state index is 12.3. The first-order chi connectivity index (χ1) is 8.79. The van der Waals surface area contributed by atoms with Crippen LogP contribution in [0.5, 0.6) is 0 Å². The van der Waals surface area contributed by atoms with E-state index in [0.29, 0.717) is 11.1 Å². The van der Waals surface area contributed by atoms with E-state index in [4.69, 9.17) is 0 Å². The van der Waals surface area contributed by atoms with Gasteiger partial charge in [0.25, 0.3) is 5.91 Å². The molecule has 1 atom stereocenters. The molecule has 18 heavy (non-hydrogen) atoms. The lowest BCUT2D eigenvalue weighted by atomic mass is 9.74. The first-order valence-electron chi connectivity index (χ1n) is 6.57. The van der Waals surface area contributed by atoms with Gasteiger partial charge in [0.05, 0.1) is 17.9 Å². The standard InChI is InChI=1S/C12H18N4OS/c17-11(10-7-14-18-15-10)16-6-2-4-12(9-16)3-1-5-13-8-12/h7,13H,1-6,8-9H2. The highest BCUT2D eigenvalue weighted by molar-refractivity contribution is 6.99. The van der Waals surface area contributed by atoms with Gasteiger partial charge in [0.15, 0.2) is 5.69 Å². The SMILES string of the molecule is O=C(c1cnsn1)N1CCCC2(CCCNC2)C1. The van der Waals surface area contributed by atoms with Crippen molar-refractivity contribution in [1.82, 2.24) is 19.0 Å². The van der Waals surface area contributed by atoms with Gasteiger partial charge in [-0.25, -0.2) is 0 Å². The monoisotopic (exact) mass is 266 g/mol. The lowest BCUT2D eigenvalue weighted by Gasteiger charge is -2.45. The van der Waals surface area contributed by atoms with E-state index < -0.39 is 0 Å². The summed E-state index contributed by atoms with van der Waals surface area (Å²) in [5.74, 6) is 0.0494.